The first-order valence-electron chi connectivity index (χ1n) is 10.1. The summed E-state index contributed by atoms with van der Waals surface area (Å²) >= 11 is 0. The molecule has 1 saturated carbocycles. The molecule has 1 amide bonds. The molecule has 154 valence electrons. The molecule has 8 heteroatoms. The van der Waals surface area contributed by atoms with E-state index in [2.05, 4.69) is 19.2 Å². The highest BCUT2D eigenvalue weighted by Crippen LogP contribution is 2.42. The number of nitrogens with one attached hydrogen (secondary N) is 1. The van der Waals surface area contributed by atoms with Gasteiger partial charge < -0.3 is 4.90 Å². The number of piperidine rings is 1. The van der Waals surface area contributed by atoms with Crippen LogP contribution in [0.25, 0.3) is 0 Å². The molecule has 28 heavy (non-hydrogen) atoms. The Bertz CT molecular complexity index is 844. The zero-order valence-electron chi connectivity index (χ0n) is 16.4. The van der Waals surface area contributed by atoms with Gasteiger partial charge in [-0.1, -0.05) is 13.8 Å². The number of halogens is 1. The van der Waals surface area contributed by atoms with E-state index in [0.717, 1.165) is 19.3 Å². The molecule has 1 aromatic carbocycles. The number of benzene rings is 1. The molecule has 1 atom stereocenters. The lowest BCUT2D eigenvalue weighted by molar-refractivity contribution is -0.134. The van der Waals surface area contributed by atoms with Gasteiger partial charge in [0.15, 0.2) is 0 Å². The average molecular weight is 410 g/mol. The van der Waals surface area contributed by atoms with E-state index in [0.29, 0.717) is 31.8 Å². The van der Waals surface area contributed by atoms with Crippen LogP contribution in [-0.4, -0.2) is 54.4 Å². The minimum absolute atomic E-state index is 0.108. The second-order valence-corrected chi connectivity index (χ2v) is 10.6. The van der Waals surface area contributed by atoms with Crippen LogP contribution in [0.3, 0.4) is 0 Å². The molecule has 0 aromatic heterocycles. The molecule has 1 spiro atoms. The third-order valence-electron chi connectivity index (χ3n) is 6.06. The highest BCUT2D eigenvalue weighted by molar-refractivity contribution is 7.89. The van der Waals surface area contributed by atoms with Crippen LogP contribution in [0.5, 0.6) is 0 Å². The normalized spacial score (nSPS) is 25.8. The van der Waals surface area contributed by atoms with Gasteiger partial charge in [-0.3, -0.25) is 10.1 Å². The van der Waals surface area contributed by atoms with Crippen LogP contribution in [0, 0.1) is 11.7 Å². The van der Waals surface area contributed by atoms with Gasteiger partial charge >= 0.3 is 0 Å². The van der Waals surface area contributed by atoms with E-state index in [1.807, 2.05) is 4.90 Å². The van der Waals surface area contributed by atoms with Crippen molar-refractivity contribution in [3.05, 3.63) is 30.1 Å². The van der Waals surface area contributed by atoms with Crippen molar-refractivity contribution in [2.45, 2.75) is 68.6 Å². The van der Waals surface area contributed by atoms with Crippen molar-refractivity contribution in [3.8, 4) is 0 Å². The largest absolute Gasteiger partial charge is 0.320 e. The fraction of sp³-hybridized carbons (Fsp3) is 0.650. The van der Waals surface area contributed by atoms with Crippen molar-refractivity contribution in [2.24, 2.45) is 5.92 Å². The first-order chi connectivity index (χ1) is 13.2. The van der Waals surface area contributed by atoms with E-state index in [1.54, 1.807) is 0 Å². The molecule has 2 aliphatic heterocycles. The quantitative estimate of drug-likeness (QED) is 0.810. The monoisotopic (exact) mass is 409 g/mol. The second kappa shape index (κ2) is 7.07. The Hall–Kier alpha value is -1.51. The number of nitrogens with zero attached hydrogens (tertiary/aromatic N) is 2. The summed E-state index contributed by atoms with van der Waals surface area (Å²) in [4.78, 5) is 15.2. The summed E-state index contributed by atoms with van der Waals surface area (Å²) in [6.45, 7) is 4.91. The molecule has 1 N–H and O–H groups in total. The van der Waals surface area contributed by atoms with E-state index >= 15 is 0 Å². The topological polar surface area (TPSA) is 69.7 Å². The van der Waals surface area contributed by atoms with Gasteiger partial charge in [0.25, 0.3) is 0 Å². The SMILES string of the molecule is CC(C)CC1NC2(CCN(S(=O)(=O)c3ccc(F)cc3)CC2)N(C2CC2)C1=O. The Kier molecular flexibility index (Phi) is 5.00. The van der Waals surface area contributed by atoms with E-state index < -0.39 is 21.5 Å². The second-order valence-electron chi connectivity index (χ2n) is 8.66. The van der Waals surface area contributed by atoms with E-state index in [-0.39, 0.29) is 22.9 Å². The third kappa shape index (κ3) is 3.46. The lowest BCUT2D eigenvalue weighted by atomic mass is 9.97. The van der Waals surface area contributed by atoms with Gasteiger partial charge in [-0.05, 0) is 62.3 Å². The number of carbonyl (C=O) groups is 1. The number of hydrogen-bond acceptors (Lipinski definition) is 4. The van der Waals surface area contributed by atoms with Gasteiger partial charge in [-0.15, -0.1) is 0 Å². The molecule has 3 fully saturated rings. The van der Waals surface area contributed by atoms with Crippen molar-refractivity contribution in [1.29, 1.82) is 0 Å². The average Bonchev–Trinajstić information content (AvgIpc) is 3.43. The lowest BCUT2D eigenvalue weighted by Crippen LogP contribution is -2.60. The number of hydrogen-bond donors (Lipinski definition) is 1. The molecular weight excluding hydrogens is 381 g/mol. The Labute approximate surface area is 166 Å². The summed E-state index contributed by atoms with van der Waals surface area (Å²) in [6.07, 6.45) is 4.00. The molecule has 1 aromatic rings. The van der Waals surface area contributed by atoms with Crippen LogP contribution in [0.15, 0.2) is 29.2 Å². The Morgan fingerprint density at radius 3 is 2.32 bits per heavy atom. The van der Waals surface area contributed by atoms with Crippen molar-refractivity contribution < 1.29 is 17.6 Å². The highest BCUT2D eigenvalue weighted by Gasteiger charge is 2.56. The predicted octanol–water partition coefficient (Wildman–Crippen LogP) is 2.32. The summed E-state index contributed by atoms with van der Waals surface area (Å²) in [5.41, 5.74) is -0.438. The standard InChI is InChI=1S/C20H28FN3O3S/c1-14(2)13-18-19(25)24(16-5-6-16)20(22-18)9-11-23(12-10-20)28(26,27)17-7-3-15(21)4-8-17/h3-4,7-8,14,16,18,22H,5-6,9-13H2,1-2H3. The lowest BCUT2D eigenvalue weighted by Gasteiger charge is -2.44. The third-order valence-corrected chi connectivity index (χ3v) is 7.97. The van der Waals surface area contributed by atoms with Crippen LogP contribution in [0.4, 0.5) is 4.39 Å². The predicted molar refractivity (Wildman–Crippen MR) is 103 cm³/mol. The van der Waals surface area contributed by atoms with E-state index in [4.69, 9.17) is 0 Å². The molecule has 0 bridgehead atoms. The maximum absolute atomic E-state index is 13.2. The molecule has 1 unspecified atom stereocenters. The van der Waals surface area contributed by atoms with Crippen LogP contribution < -0.4 is 5.32 Å². The highest BCUT2D eigenvalue weighted by atomic mass is 32.2. The number of rotatable bonds is 5. The Balaban J connectivity index is 1.52. The minimum atomic E-state index is -3.66. The van der Waals surface area contributed by atoms with E-state index in [9.17, 15) is 17.6 Å². The molecule has 0 radical (unpaired) electrons. The molecule has 1 aliphatic carbocycles. The van der Waals surface area contributed by atoms with Crippen molar-refractivity contribution in [3.63, 3.8) is 0 Å². The summed E-state index contributed by atoms with van der Waals surface area (Å²) < 4.78 is 40.4. The smallest absolute Gasteiger partial charge is 0.243 e. The first-order valence-corrected chi connectivity index (χ1v) is 11.5. The van der Waals surface area contributed by atoms with Crippen LogP contribution in [0.2, 0.25) is 0 Å². The molecule has 3 aliphatic rings. The Morgan fingerprint density at radius 2 is 1.79 bits per heavy atom. The zero-order valence-corrected chi connectivity index (χ0v) is 17.2. The van der Waals surface area contributed by atoms with Crippen molar-refractivity contribution >= 4 is 15.9 Å². The summed E-state index contributed by atoms with van der Waals surface area (Å²) in [5.74, 6) is 0.129. The van der Waals surface area contributed by atoms with Gasteiger partial charge in [0, 0.05) is 19.1 Å². The number of carbonyl (C=O) groups excluding carboxylic acids is 1. The summed E-state index contributed by atoms with van der Waals surface area (Å²) in [7, 11) is -3.66. The van der Waals surface area contributed by atoms with Crippen LogP contribution >= 0.6 is 0 Å². The zero-order chi connectivity index (χ0) is 20.1. The summed E-state index contributed by atoms with van der Waals surface area (Å²) in [5, 5.41) is 3.58. The molecule has 6 nitrogen and oxygen atoms in total. The fourth-order valence-corrected chi connectivity index (χ4v) is 6.01. The molecular formula is C20H28FN3O3S. The fourth-order valence-electron chi connectivity index (χ4n) is 4.57. The van der Waals surface area contributed by atoms with Gasteiger partial charge in [0.05, 0.1) is 16.6 Å². The van der Waals surface area contributed by atoms with Gasteiger partial charge in [0.1, 0.15) is 5.82 Å². The van der Waals surface area contributed by atoms with E-state index in [1.165, 1.54) is 28.6 Å². The van der Waals surface area contributed by atoms with Crippen molar-refractivity contribution in [1.82, 2.24) is 14.5 Å². The van der Waals surface area contributed by atoms with Crippen LogP contribution in [-0.2, 0) is 14.8 Å². The summed E-state index contributed by atoms with van der Waals surface area (Å²) in [6, 6.07) is 5.06. The molecule has 4 rings (SSSR count). The minimum Gasteiger partial charge on any atom is -0.320 e. The maximum atomic E-state index is 13.2. The number of amides is 1. The molecule has 2 saturated heterocycles. The van der Waals surface area contributed by atoms with Crippen LogP contribution in [0.1, 0.15) is 46.0 Å². The first kappa shape index (κ1) is 19.8. The van der Waals surface area contributed by atoms with Gasteiger partial charge in [-0.2, -0.15) is 4.31 Å². The Morgan fingerprint density at radius 1 is 1.18 bits per heavy atom. The van der Waals surface area contributed by atoms with Gasteiger partial charge in [-0.25, -0.2) is 12.8 Å². The van der Waals surface area contributed by atoms with Crippen molar-refractivity contribution in [2.75, 3.05) is 13.1 Å². The maximum Gasteiger partial charge on any atom is 0.243 e. The van der Waals surface area contributed by atoms with Gasteiger partial charge in [0.2, 0.25) is 15.9 Å². The number of sulfonamides is 1. The molecule has 2 heterocycles.